The van der Waals surface area contributed by atoms with Crippen LogP contribution in [0.1, 0.15) is 43.2 Å². The second kappa shape index (κ2) is 5.76. The quantitative estimate of drug-likeness (QED) is 0.795. The molecule has 0 aliphatic heterocycles. The monoisotopic (exact) mass is 270 g/mol. The first kappa shape index (κ1) is 14.1. The smallest absolute Gasteiger partial charge is 0.299 e. The second-order valence-electron chi connectivity index (χ2n) is 5.18. The molecule has 0 amide bonds. The summed E-state index contributed by atoms with van der Waals surface area (Å²) < 4.78 is 37.7. The Morgan fingerprint density at radius 1 is 1.16 bits per heavy atom. The van der Waals surface area contributed by atoms with Gasteiger partial charge in [0.05, 0.1) is 5.56 Å². The Bertz CT molecular complexity index is 445. The highest BCUT2D eigenvalue weighted by molar-refractivity contribution is 5.83. The molecule has 0 radical (unpaired) electrons. The highest BCUT2D eigenvalue weighted by Crippen LogP contribution is 2.30. The third-order valence-corrected chi connectivity index (χ3v) is 3.69. The highest BCUT2D eigenvalue weighted by Gasteiger charge is 2.30. The predicted octanol–water partition coefficient (Wildman–Crippen LogP) is 4.40. The number of benzene rings is 1. The lowest BCUT2D eigenvalue weighted by Gasteiger charge is -2.20. The van der Waals surface area contributed by atoms with Gasteiger partial charge in [-0.25, -0.2) is 0 Å². The Labute approximate surface area is 110 Å². The number of rotatable bonds is 3. The van der Waals surface area contributed by atoms with Crippen LogP contribution in [0.4, 0.5) is 13.2 Å². The van der Waals surface area contributed by atoms with Crippen LogP contribution in [0.3, 0.4) is 0 Å². The van der Waals surface area contributed by atoms with E-state index in [4.69, 9.17) is 0 Å². The molecule has 0 bridgehead atoms. The van der Waals surface area contributed by atoms with Gasteiger partial charge in [-0.05, 0) is 24.5 Å². The lowest BCUT2D eigenvalue weighted by atomic mass is 9.84. The topological polar surface area (TPSA) is 17.1 Å². The van der Waals surface area contributed by atoms with Gasteiger partial charge in [-0.1, -0.05) is 37.5 Å². The fourth-order valence-corrected chi connectivity index (χ4v) is 2.63. The molecule has 0 saturated heterocycles. The average molecular weight is 270 g/mol. The Kier molecular flexibility index (Phi) is 4.27. The van der Waals surface area contributed by atoms with Crippen molar-refractivity contribution in [3.8, 4) is 0 Å². The molecule has 104 valence electrons. The molecule has 4 heteroatoms. The lowest BCUT2D eigenvalue weighted by Crippen LogP contribution is -2.19. The summed E-state index contributed by atoms with van der Waals surface area (Å²) in [7, 11) is 0. The van der Waals surface area contributed by atoms with Crippen LogP contribution in [-0.2, 0) is 17.4 Å². The normalized spacial score (nSPS) is 17.4. The summed E-state index contributed by atoms with van der Waals surface area (Å²) in [5.41, 5.74) is -0.216. The molecular formula is C15H17F3O. The first-order chi connectivity index (χ1) is 8.97. The van der Waals surface area contributed by atoms with Crippen LogP contribution < -0.4 is 0 Å². The molecule has 1 fully saturated rings. The van der Waals surface area contributed by atoms with Crippen LogP contribution in [0, 0.1) is 5.92 Å². The summed E-state index contributed by atoms with van der Waals surface area (Å²) >= 11 is 0. The van der Waals surface area contributed by atoms with Crippen molar-refractivity contribution < 1.29 is 18.0 Å². The number of alkyl halides is 3. The van der Waals surface area contributed by atoms with Crippen molar-refractivity contribution in [2.75, 3.05) is 0 Å². The Morgan fingerprint density at radius 2 is 1.84 bits per heavy atom. The third-order valence-electron chi connectivity index (χ3n) is 3.69. The van der Waals surface area contributed by atoms with Gasteiger partial charge in [-0.3, -0.25) is 4.79 Å². The summed E-state index contributed by atoms with van der Waals surface area (Å²) in [6.45, 7) is 0. The standard InChI is InChI=1S/C15H17F3O/c16-15(17,18)13-8-4-5-11(9-13)10-14(19)12-6-2-1-3-7-12/h4-5,8-9,12H,1-3,6-7,10H2. The summed E-state index contributed by atoms with van der Waals surface area (Å²) in [5.74, 6) is 0.127. The second-order valence-corrected chi connectivity index (χ2v) is 5.18. The fraction of sp³-hybridized carbons (Fsp3) is 0.533. The van der Waals surface area contributed by atoms with E-state index in [2.05, 4.69) is 0 Å². The van der Waals surface area contributed by atoms with Crippen molar-refractivity contribution in [2.45, 2.75) is 44.7 Å². The molecule has 1 saturated carbocycles. The Balaban J connectivity index is 2.04. The summed E-state index contributed by atoms with van der Waals surface area (Å²) in [6.07, 6.45) is 0.819. The van der Waals surface area contributed by atoms with Gasteiger partial charge in [0.25, 0.3) is 0 Å². The van der Waals surface area contributed by atoms with E-state index in [0.717, 1.165) is 44.2 Å². The summed E-state index contributed by atoms with van der Waals surface area (Å²) in [6, 6.07) is 5.08. The van der Waals surface area contributed by atoms with Crippen LogP contribution in [-0.4, -0.2) is 5.78 Å². The van der Waals surface area contributed by atoms with Gasteiger partial charge in [0, 0.05) is 12.3 Å². The molecule has 0 atom stereocenters. The molecule has 1 aliphatic rings. The molecule has 2 rings (SSSR count). The average Bonchev–Trinajstić information content (AvgIpc) is 2.39. The van der Waals surface area contributed by atoms with Crippen LogP contribution in [0.15, 0.2) is 24.3 Å². The molecule has 0 aromatic heterocycles. The van der Waals surface area contributed by atoms with Crippen LogP contribution in [0.25, 0.3) is 0 Å². The van der Waals surface area contributed by atoms with E-state index < -0.39 is 11.7 Å². The number of carbonyl (C=O) groups excluding carboxylic acids is 1. The predicted molar refractivity (Wildman–Crippen MR) is 66.7 cm³/mol. The molecule has 1 aromatic rings. The van der Waals surface area contributed by atoms with Crippen molar-refractivity contribution in [3.63, 3.8) is 0 Å². The third kappa shape index (κ3) is 3.82. The first-order valence-corrected chi connectivity index (χ1v) is 6.65. The minimum atomic E-state index is -4.34. The van der Waals surface area contributed by atoms with E-state index in [0.29, 0.717) is 5.56 Å². The largest absolute Gasteiger partial charge is 0.416 e. The van der Waals surface area contributed by atoms with Gasteiger partial charge in [0.15, 0.2) is 0 Å². The summed E-state index contributed by atoms with van der Waals surface area (Å²) in [4.78, 5) is 12.0. The number of halogens is 3. The zero-order valence-electron chi connectivity index (χ0n) is 10.7. The van der Waals surface area contributed by atoms with E-state index >= 15 is 0 Å². The van der Waals surface area contributed by atoms with E-state index in [9.17, 15) is 18.0 Å². The van der Waals surface area contributed by atoms with Crippen molar-refractivity contribution in [3.05, 3.63) is 35.4 Å². The maximum Gasteiger partial charge on any atom is 0.416 e. The Hall–Kier alpha value is -1.32. The molecule has 1 nitrogen and oxygen atoms in total. The van der Waals surface area contributed by atoms with Crippen molar-refractivity contribution in [2.24, 2.45) is 5.92 Å². The van der Waals surface area contributed by atoms with E-state index in [1.54, 1.807) is 6.07 Å². The van der Waals surface area contributed by atoms with Crippen LogP contribution in [0.2, 0.25) is 0 Å². The molecular weight excluding hydrogens is 253 g/mol. The van der Waals surface area contributed by atoms with Crippen LogP contribution >= 0.6 is 0 Å². The molecule has 19 heavy (non-hydrogen) atoms. The van der Waals surface area contributed by atoms with Gasteiger partial charge >= 0.3 is 6.18 Å². The number of hydrogen-bond donors (Lipinski definition) is 0. The Morgan fingerprint density at radius 3 is 2.47 bits per heavy atom. The highest BCUT2D eigenvalue weighted by atomic mass is 19.4. The zero-order valence-corrected chi connectivity index (χ0v) is 10.7. The van der Waals surface area contributed by atoms with Crippen LogP contribution in [0.5, 0.6) is 0 Å². The first-order valence-electron chi connectivity index (χ1n) is 6.65. The summed E-state index contributed by atoms with van der Waals surface area (Å²) in [5, 5.41) is 0. The molecule has 0 heterocycles. The number of carbonyl (C=O) groups is 1. The number of ketones is 1. The maximum absolute atomic E-state index is 12.6. The molecule has 0 N–H and O–H groups in total. The van der Waals surface area contributed by atoms with Gasteiger partial charge < -0.3 is 0 Å². The van der Waals surface area contributed by atoms with Gasteiger partial charge in [0.1, 0.15) is 5.78 Å². The number of Topliss-reactive ketones (excluding diaryl/α,β-unsaturated/α-hetero) is 1. The van der Waals surface area contributed by atoms with E-state index in [1.807, 2.05) is 0 Å². The van der Waals surface area contributed by atoms with E-state index in [-0.39, 0.29) is 18.1 Å². The van der Waals surface area contributed by atoms with Crippen molar-refractivity contribution in [1.82, 2.24) is 0 Å². The molecule has 1 aromatic carbocycles. The van der Waals surface area contributed by atoms with Gasteiger partial charge in [-0.15, -0.1) is 0 Å². The van der Waals surface area contributed by atoms with Crippen molar-refractivity contribution >= 4 is 5.78 Å². The minimum Gasteiger partial charge on any atom is -0.299 e. The van der Waals surface area contributed by atoms with Gasteiger partial charge in [0.2, 0.25) is 0 Å². The van der Waals surface area contributed by atoms with Gasteiger partial charge in [-0.2, -0.15) is 13.2 Å². The van der Waals surface area contributed by atoms with E-state index in [1.165, 1.54) is 6.07 Å². The maximum atomic E-state index is 12.6. The lowest BCUT2D eigenvalue weighted by molar-refractivity contribution is -0.137. The number of hydrogen-bond acceptors (Lipinski definition) is 1. The van der Waals surface area contributed by atoms with Crippen molar-refractivity contribution in [1.29, 1.82) is 0 Å². The molecule has 0 unspecified atom stereocenters. The minimum absolute atomic E-state index is 0.0447. The molecule has 1 aliphatic carbocycles. The fourth-order valence-electron chi connectivity index (χ4n) is 2.63. The SMILES string of the molecule is O=C(Cc1cccc(C(F)(F)F)c1)C1CCCCC1. The zero-order chi connectivity index (χ0) is 13.9. The molecule has 0 spiro atoms.